The molecule has 2 aromatic rings. The zero-order chi connectivity index (χ0) is 15.5. The second-order valence-electron chi connectivity index (χ2n) is 3.80. The van der Waals surface area contributed by atoms with E-state index in [2.05, 4.69) is 0 Å². The molecule has 0 aromatic heterocycles. The minimum atomic E-state index is 0.639. The third-order valence-corrected chi connectivity index (χ3v) is 2.70. The Balaban J connectivity index is 0.000000829. The minimum absolute atomic E-state index is 0.639. The monoisotopic (exact) mass is 292 g/mol. The molecule has 2 aromatic carbocycles. The van der Waals surface area contributed by atoms with Crippen LogP contribution >= 0.6 is 11.6 Å². The Morgan fingerprint density at radius 2 is 1.45 bits per heavy atom. The molecule has 20 heavy (non-hydrogen) atoms. The first-order valence-electron chi connectivity index (χ1n) is 5.74. The number of hydrogen-bond donors (Lipinski definition) is 0. The van der Waals surface area contributed by atoms with Crippen LogP contribution in [0, 0.1) is 13.8 Å². The normalized spacial score (nSPS) is 8.55. The van der Waals surface area contributed by atoms with Gasteiger partial charge in [0.25, 0.3) is 0 Å². The van der Waals surface area contributed by atoms with Crippen molar-refractivity contribution >= 4 is 25.2 Å². The highest BCUT2D eigenvalue weighted by molar-refractivity contribution is 6.32. The summed E-state index contributed by atoms with van der Waals surface area (Å²) in [4.78, 5) is 16.0. The molecule has 0 aliphatic heterocycles. The van der Waals surface area contributed by atoms with Crippen molar-refractivity contribution in [2.45, 2.75) is 13.8 Å². The maximum atomic E-state index is 8.00. The van der Waals surface area contributed by atoms with Crippen LogP contribution in [-0.4, -0.2) is 13.6 Å². The van der Waals surface area contributed by atoms with E-state index in [1.54, 1.807) is 0 Å². The fraction of sp³-hybridized carbons (Fsp3) is 0.125. The van der Waals surface area contributed by atoms with E-state index in [-0.39, 0.29) is 0 Å². The highest BCUT2D eigenvalue weighted by Crippen LogP contribution is 2.32. The standard InChI is InChI=1S/C14H13ClO.2CH2O/c1-10-6-8-12(9-7-10)16-14-11(2)4-3-5-13(14)15;2*1-2/h3-9H,1-2H3;2*1H2. The lowest BCUT2D eigenvalue weighted by molar-refractivity contribution is -0.0987. The topological polar surface area (TPSA) is 43.4 Å². The molecule has 0 atom stereocenters. The first-order chi connectivity index (χ1) is 9.66. The van der Waals surface area contributed by atoms with Crippen molar-refractivity contribution in [3.63, 3.8) is 0 Å². The van der Waals surface area contributed by atoms with Gasteiger partial charge in [0, 0.05) is 0 Å². The maximum Gasteiger partial charge on any atom is 0.148 e. The lowest BCUT2D eigenvalue weighted by Crippen LogP contribution is -1.88. The Morgan fingerprint density at radius 1 is 0.900 bits per heavy atom. The molecule has 0 saturated carbocycles. The fourth-order valence-corrected chi connectivity index (χ4v) is 1.73. The van der Waals surface area contributed by atoms with Gasteiger partial charge in [0.1, 0.15) is 25.1 Å². The average molecular weight is 293 g/mol. The number of rotatable bonds is 2. The van der Waals surface area contributed by atoms with Gasteiger partial charge in [0.15, 0.2) is 0 Å². The number of benzene rings is 2. The molecule has 0 fully saturated rings. The molecule has 0 radical (unpaired) electrons. The van der Waals surface area contributed by atoms with Crippen LogP contribution in [0.15, 0.2) is 42.5 Å². The van der Waals surface area contributed by atoms with E-state index in [1.165, 1.54) is 5.56 Å². The fourth-order valence-electron chi connectivity index (χ4n) is 1.47. The maximum absolute atomic E-state index is 8.00. The summed E-state index contributed by atoms with van der Waals surface area (Å²) in [5.74, 6) is 1.54. The largest absolute Gasteiger partial charge is 0.456 e. The van der Waals surface area contributed by atoms with E-state index >= 15 is 0 Å². The van der Waals surface area contributed by atoms with Gasteiger partial charge in [-0.3, -0.25) is 0 Å². The lowest BCUT2D eigenvalue weighted by atomic mass is 10.2. The number of halogens is 1. The molecule has 106 valence electrons. The molecule has 2 rings (SSSR count). The Hall–Kier alpha value is -2.13. The summed E-state index contributed by atoms with van der Waals surface area (Å²) in [5.41, 5.74) is 2.25. The molecule has 0 N–H and O–H groups in total. The molecule has 0 heterocycles. The van der Waals surface area contributed by atoms with E-state index < -0.39 is 0 Å². The second kappa shape index (κ2) is 9.75. The van der Waals surface area contributed by atoms with E-state index in [4.69, 9.17) is 25.9 Å². The van der Waals surface area contributed by atoms with Crippen LogP contribution in [0.5, 0.6) is 11.5 Å². The Kier molecular flexibility index (Phi) is 8.72. The highest BCUT2D eigenvalue weighted by atomic mass is 35.5. The molecular weight excluding hydrogens is 276 g/mol. The third kappa shape index (κ3) is 5.24. The summed E-state index contributed by atoms with van der Waals surface area (Å²) in [6.45, 7) is 8.03. The van der Waals surface area contributed by atoms with E-state index in [0.29, 0.717) is 5.02 Å². The molecule has 0 bridgehead atoms. The van der Waals surface area contributed by atoms with E-state index in [0.717, 1.165) is 17.1 Å². The van der Waals surface area contributed by atoms with Gasteiger partial charge in [0.05, 0.1) is 5.02 Å². The molecule has 0 aliphatic carbocycles. The Labute approximate surface area is 124 Å². The van der Waals surface area contributed by atoms with Crippen LogP contribution in [0.25, 0.3) is 0 Å². The van der Waals surface area contributed by atoms with Crippen molar-refractivity contribution in [1.29, 1.82) is 0 Å². The lowest BCUT2D eigenvalue weighted by Gasteiger charge is -2.10. The van der Waals surface area contributed by atoms with Crippen LogP contribution in [0.4, 0.5) is 0 Å². The van der Waals surface area contributed by atoms with Crippen LogP contribution in [0.2, 0.25) is 5.02 Å². The summed E-state index contributed by atoms with van der Waals surface area (Å²) in [6.07, 6.45) is 0. The van der Waals surface area contributed by atoms with Crippen molar-refractivity contribution in [2.24, 2.45) is 0 Å². The Morgan fingerprint density at radius 3 is 1.95 bits per heavy atom. The summed E-state index contributed by atoms with van der Waals surface area (Å²) in [6, 6.07) is 13.6. The van der Waals surface area contributed by atoms with Gasteiger partial charge in [-0.05, 0) is 37.6 Å². The minimum Gasteiger partial charge on any atom is -0.456 e. The van der Waals surface area contributed by atoms with Gasteiger partial charge < -0.3 is 14.3 Å². The van der Waals surface area contributed by atoms with Crippen LogP contribution < -0.4 is 4.74 Å². The number of para-hydroxylation sites is 1. The quantitative estimate of drug-likeness (QED) is 0.825. The van der Waals surface area contributed by atoms with Gasteiger partial charge in [-0.15, -0.1) is 0 Å². The van der Waals surface area contributed by atoms with Crippen LogP contribution in [0.3, 0.4) is 0 Å². The first kappa shape index (κ1) is 17.9. The Bertz CT molecular complexity index is 501. The summed E-state index contributed by atoms with van der Waals surface area (Å²) < 4.78 is 5.76. The van der Waals surface area contributed by atoms with Crippen molar-refractivity contribution in [3.05, 3.63) is 58.6 Å². The van der Waals surface area contributed by atoms with E-state index in [1.807, 2.05) is 69.9 Å². The molecule has 0 saturated heterocycles. The van der Waals surface area contributed by atoms with Crippen LogP contribution in [-0.2, 0) is 9.59 Å². The van der Waals surface area contributed by atoms with E-state index in [9.17, 15) is 0 Å². The zero-order valence-corrected chi connectivity index (χ0v) is 12.3. The molecule has 0 amide bonds. The van der Waals surface area contributed by atoms with Crippen molar-refractivity contribution in [2.75, 3.05) is 0 Å². The molecule has 4 heteroatoms. The van der Waals surface area contributed by atoms with Gasteiger partial charge in [-0.2, -0.15) is 0 Å². The van der Waals surface area contributed by atoms with Crippen molar-refractivity contribution in [1.82, 2.24) is 0 Å². The van der Waals surface area contributed by atoms with Gasteiger partial charge in [-0.1, -0.05) is 41.4 Å². The smallest absolute Gasteiger partial charge is 0.148 e. The predicted molar refractivity (Wildman–Crippen MR) is 81.7 cm³/mol. The average Bonchev–Trinajstić information content (AvgIpc) is 2.49. The molecule has 0 spiro atoms. The zero-order valence-electron chi connectivity index (χ0n) is 11.6. The number of carbonyl (C=O) groups excluding carboxylic acids is 2. The van der Waals surface area contributed by atoms with Crippen molar-refractivity contribution in [3.8, 4) is 11.5 Å². The number of aryl methyl sites for hydroxylation is 2. The number of ether oxygens (including phenoxy) is 1. The number of hydrogen-bond acceptors (Lipinski definition) is 3. The molecule has 0 aliphatic rings. The number of carbonyl (C=O) groups is 2. The molecular formula is C16H17ClO3. The predicted octanol–water partition coefficient (Wildman–Crippen LogP) is 4.38. The van der Waals surface area contributed by atoms with Gasteiger partial charge in [-0.25, -0.2) is 0 Å². The molecule has 3 nitrogen and oxygen atoms in total. The van der Waals surface area contributed by atoms with Gasteiger partial charge in [0.2, 0.25) is 0 Å². The summed E-state index contributed by atoms with van der Waals surface area (Å²) in [5, 5.41) is 0.639. The third-order valence-electron chi connectivity index (χ3n) is 2.40. The first-order valence-corrected chi connectivity index (χ1v) is 6.12. The summed E-state index contributed by atoms with van der Waals surface area (Å²) >= 11 is 6.09. The highest BCUT2D eigenvalue weighted by Gasteiger charge is 2.05. The molecule has 0 unspecified atom stereocenters. The second-order valence-corrected chi connectivity index (χ2v) is 4.21. The SMILES string of the molecule is C=O.C=O.Cc1ccc(Oc2c(C)cccc2Cl)cc1. The van der Waals surface area contributed by atoms with Crippen LogP contribution in [0.1, 0.15) is 11.1 Å². The van der Waals surface area contributed by atoms with Crippen molar-refractivity contribution < 1.29 is 14.3 Å². The van der Waals surface area contributed by atoms with Gasteiger partial charge >= 0.3 is 0 Å². The summed E-state index contributed by atoms with van der Waals surface area (Å²) in [7, 11) is 0.